The van der Waals surface area contributed by atoms with Crippen LogP contribution in [-0.4, -0.2) is 27.6 Å². The van der Waals surface area contributed by atoms with Crippen molar-refractivity contribution in [2.75, 3.05) is 6.54 Å². The highest BCUT2D eigenvalue weighted by molar-refractivity contribution is 5.82. The van der Waals surface area contributed by atoms with Gasteiger partial charge in [-0.05, 0) is 43.9 Å². The summed E-state index contributed by atoms with van der Waals surface area (Å²) in [5, 5.41) is 7.56. The van der Waals surface area contributed by atoms with Crippen LogP contribution in [0.15, 0.2) is 33.6 Å². The Kier molecular flexibility index (Phi) is 4.92. The summed E-state index contributed by atoms with van der Waals surface area (Å²) >= 11 is 0. The number of aryl methyl sites for hydroxylation is 2. The van der Waals surface area contributed by atoms with Crippen LogP contribution in [0.1, 0.15) is 31.2 Å². The number of carbonyl (C=O) groups is 1. The lowest BCUT2D eigenvalue weighted by atomic mass is 10.1. The first kappa shape index (κ1) is 16.9. The first-order valence-corrected chi connectivity index (χ1v) is 8.30. The third-order valence-corrected chi connectivity index (χ3v) is 3.88. The van der Waals surface area contributed by atoms with Crippen LogP contribution >= 0.6 is 0 Å². The number of H-pyrrole nitrogens is 1. The number of nitrogens with one attached hydrogen (secondary N) is 2. The van der Waals surface area contributed by atoms with E-state index in [1.807, 2.05) is 32.0 Å². The summed E-state index contributed by atoms with van der Waals surface area (Å²) in [7, 11) is 0. The maximum absolute atomic E-state index is 12.3. The highest BCUT2D eigenvalue weighted by Crippen LogP contribution is 2.18. The summed E-state index contributed by atoms with van der Waals surface area (Å²) in [6.07, 6.45) is 1.51. The minimum Gasteiger partial charge on any atom is -0.356 e. The summed E-state index contributed by atoms with van der Waals surface area (Å²) < 4.78 is 5.21. The molecule has 2 aromatic heterocycles. The average Bonchev–Trinajstić information content (AvgIpc) is 3.03. The Labute approximate surface area is 144 Å². The molecule has 3 aromatic rings. The van der Waals surface area contributed by atoms with Crippen LogP contribution < -0.4 is 10.9 Å². The summed E-state index contributed by atoms with van der Waals surface area (Å²) in [6, 6.07) is 7.57. The number of aromatic amines is 1. The minimum absolute atomic E-state index is 0.00332. The van der Waals surface area contributed by atoms with Crippen molar-refractivity contribution in [2.45, 2.75) is 33.1 Å². The molecule has 2 heterocycles. The van der Waals surface area contributed by atoms with Gasteiger partial charge in [-0.15, -0.1) is 0 Å². The summed E-state index contributed by atoms with van der Waals surface area (Å²) in [4.78, 5) is 30.8. The second kappa shape index (κ2) is 7.29. The zero-order chi connectivity index (χ0) is 17.8. The van der Waals surface area contributed by atoms with E-state index < -0.39 is 0 Å². The predicted octanol–water partition coefficient (Wildman–Crippen LogP) is 2.35. The highest BCUT2D eigenvalue weighted by Gasteiger charge is 2.13. The highest BCUT2D eigenvalue weighted by atomic mass is 16.5. The first-order valence-electron chi connectivity index (χ1n) is 8.30. The molecule has 130 valence electrons. The summed E-state index contributed by atoms with van der Waals surface area (Å²) in [6.45, 7) is 4.49. The molecular formula is C18H20N4O3. The van der Waals surface area contributed by atoms with Gasteiger partial charge in [-0.3, -0.25) is 9.59 Å². The van der Waals surface area contributed by atoms with Crippen LogP contribution in [0.4, 0.5) is 0 Å². The Balaban J connectivity index is 1.77. The van der Waals surface area contributed by atoms with E-state index in [1.54, 1.807) is 6.07 Å². The average molecular weight is 340 g/mol. The van der Waals surface area contributed by atoms with Crippen molar-refractivity contribution >= 4 is 16.8 Å². The monoisotopic (exact) mass is 340 g/mol. The predicted molar refractivity (Wildman–Crippen MR) is 94.2 cm³/mol. The fraction of sp³-hybridized carbons (Fsp3) is 0.333. The molecule has 7 heteroatoms. The molecule has 7 nitrogen and oxygen atoms in total. The molecule has 2 N–H and O–H groups in total. The van der Waals surface area contributed by atoms with Crippen molar-refractivity contribution in [3.63, 3.8) is 0 Å². The third-order valence-electron chi connectivity index (χ3n) is 3.88. The lowest BCUT2D eigenvalue weighted by molar-refractivity contribution is -0.121. The van der Waals surface area contributed by atoms with Gasteiger partial charge in [0, 0.05) is 24.9 Å². The number of pyridine rings is 1. The Morgan fingerprint density at radius 1 is 1.32 bits per heavy atom. The van der Waals surface area contributed by atoms with E-state index in [1.165, 1.54) is 0 Å². The SMILES string of the molecule is CCNC(=O)CCCc1nc(-c2cc3cc(C)ccc3[nH]c2=O)no1. The standard InChI is InChI=1S/C18H20N4O3/c1-3-19-15(23)5-4-6-16-21-17(22-25-16)13-10-12-9-11(2)7-8-14(12)20-18(13)24/h7-10H,3-6H2,1-2H3,(H,19,23)(H,20,24). The van der Waals surface area contributed by atoms with Crippen molar-refractivity contribution < 1.29 is 9.32 Å². The third kappa shape index (κ3) is 3.93. The summed E-state index contributed by atoms with van der Waals surface area (Å²) in [5.74, 6) is 0.685. The second-order valence-electron chi connectivity index (χ2n) is 5.92. The van der Waals surface area contributed by atoms with E-state index in [9.17, 15) is 9.59 Å². The van der Waals surface area contributed by atoms with Gasteiger partial charge in [-0.2, -0.15) is 4.98 Å². The molecule has 0 radical (unpaired) electrons. The van der Waals surface area contributed by atoms with Gasteiger partial charge in [0.1, 0.15) is 0 Å². The summed E-state index contributed by atoms with van der Waals surface area (Å²) in [5.41, 5.74) is 1.98. The molecule has 3 rings (SSSR count). The van der Waals surface area contributed by atoms with Crippen LogP contribution in [0.25, 0.3) is 22.3 Å². The van der Waals surface area contributed by atoms with Gasteiger partial charge in [0.05, 0.1) is 5.56 Å². The van der Waals surface area contributed by atoms with Gasteiger partial charge in [0.2, 0.25) is 17.6 Å². The van der Waals surface area contributed by atoms with Crippen molar-refractivity contribution in [3.8, 4) is 11.4 Å². The van der Waals surface area contributed by atoms with Gasteiger partial charge in [-0.25, -0.2) is 0 Å². The zero-order valence-electron chi connectivity index (χ0n) is 14.3. The van der Waals surface area contributed by atoms with Gasteiger partial charge >= 0.3 is 0 Å². The number of carbonyl (C=O) groups excluding carboxylic acids is 1. The quantitative estimate of drug-likeness (QED) is 0.717. The van der Waals surface area contributed by atoms with Crippen LogP contribution in [0.2, 0.25) is 0 Å². The molecule has 1 amide bonds. The lowest BCUT2D eigenvalue weighted by Gasteiger charge is -2.01. The molecule has 0 saturated heterocycles. The molecule has 0 spiro atoms. The molecule has 0 aliphatic heterocycles. The Bertz CT molecular complexity index is 958. The molecular weight excluding hydrogens is 320 g/mol. The van der Waals surface area contributed by atoms with E-state index in [2.05, 4.69) is 20.4 Å². The Hall–Kier alpha value is -2.96. The first-order chi connectivity index (χ1) is 12.1. The van der Waals surface area contributed by atoms with Crippen molar-refractivity contribution in [2.24, 2.45) is 0 Å². The van der Waals surface area contributed by atoms with Crippen molar-refractivity contribution in [3.05, 3.63) is 46.1 Å². The molecule has 0 bridgehead atoms. The smallest absolute Gasteiger partial charge is 0.259 e. The fourth-order valence-corrected chi connectivity index (χ4v) is 2.64. The van der Waals surface area contributed by atoms with E-state index in [-0.39, 0.29) is 17.3 Å². The van der Waals surface area contributed by atoms with E-state index in [4.69, 9.17) is 4.52 Å². The second-order valence-corrected chi connectivity index (χ2v) is 5.92. The van der Waals surface area contributed by atoms with E-state index in [0.717, 1.165) is 16.5 Å². The normalized spacial score (nSPS) is 11.0. The number of aromatic nitrogens is 3. The largest absolute Gasteiger partial charge is 0.356 e. The molecule has 0 atom stereocenters. The number of rotatable bonds is 6. The van der Waals surface area contributed by atoms with Crippen molar-refractivity contribution in [1.29, 1.82) is 0 Å². The van der Waals surface area contributed by atoms with Gasteiger partial charge < -0.3 is 14.8 Å². The number of hydrogen-bond acceptors (Lipinski definition) is 5. The molecule has 0 unspecified atom stereocenters. The number of fused-ring (bicyclic) bond motifs is 1. The molecule has 0 aliphatic rings. The topological polar surface area (TPSA) is 101 Å². The van der Waals surface area contributed by atoms with Gasteiger partial charge in [0.15, 0.2) is 0 Å². The molecule has 25 heavy (non-hydrogen) atoms. The van der Waals surface area contributed by atoms with Gasteiger partial charge in [-0.1, -0.05) is 16.8 Å². The lowest BCUT2D eigenvalue weighted by Crippen LogP contribution is -2.22. The van der Waals surface area contributed by atoms with Crippen LogP contribution in [0.3, 0.4) is 0 Å². The Morgan fingerprint density at radius 3 is 2.96 bits per heavy atom. The maximum atomic E-state index is 12.3. The van der Waals surface area contributed by atoms with Crippen LogP contribution in [0, 0.1) is 6.92 Å². The number of amides is 1. The maximum Gasteiger partial charge on any atom is 0.259 e. The zero-order valence-corrected chi connectivity index (χ0v) is 14.3. The molecule has 0 aliphatic carbocycles. The molecule has 0 fully saturated rings. The number of benzene rings is 1. The van der Waals surface area contributed by atoms with E-state index >= 15 is 0 Å². The van der Waals surface area contributed by atoms with Crippen LogP contribution in [-0.2, 0) is 11.2 Å². The number of hydrogen-bond donors (Lipinski definition) is 2. The van der Waals surface area contributed by atoms with E-state index in [0.29, 0.717) is 37.3 Å². The van der Waals surface area contributed by atoms with Gasteiger partial charge in [0.25, 0.3) is 5.56 Å². The fourth-order valence-electron chi connectivity index (χ4n) is 2.64. The Morgan fingerprint density at radius 2 is 2.16 bits per heavy atom. The van der Waals surface area contributed by atoms with Crippen LogP contribution in [0.5, 0.6) is 0 Å². The van der Waals surface area contributed by atoms with Crippen molar-refractivity contribution in [1.82, 2.24) is 20.4 Å². The number of nitrogens with zero attached hydrogens (tertiary/aromatic N) is 2. The molecule has 1 aromatic carbocycles. The molecule has 0 saturated carbocycles. The minimum atomic E-state index is -0.258.